The Morgan fingerprint density at radius 1 is 1.10 bits per heavy atom. The highest BCUT2D eigenvalue weighted by molar-refractivity contribution is 6.31. The average molecular weight is 407 g/mol. The molecule has 6 nitrogen and oxygen atoms in total. The summed E-state index contributed by atoms with van der Waals surface area (Å²) in [5.41, 5.74) is 5.48. The van der Waals surface area contributed by atoms with Gasteiger partial charge in [-0.25, -0.2) is 9.50 Å². The van der Waals surface area contributed by atoms with Crippen molar-refractivity contribution in [2.45, 2.75) is 32.4 Å². The van der Waals surface area contributed by atoms with Crippen molar-refractivity contribution < 1.29 is 0 Å². The van der Waals surface area contributed by atoms with Gasteiger partial charge >= 0.3 is 0 Å². The van der Waals surface area contributed by atoms with E-state index in [9.17, 15) is 0 Å². The predicted molar refractivity (Wildman–Crippen MR) is 113 cm³/mol. The zero-order valence-corrected chi connectivity index (χ0v) is 17.1. The molecule has 4 heterocycles. The number of aromatic nitrogens is 5. The number of aryl methyl sites for hydroxylation is 1. The van der Waals surface area contributed by atoms with E-state index in [1.165, 1.54) is 11.3 Å². The molecule has 1 aliphatic heterocycles. The van der Waals surface area contributed by atoms with Gasteiger partial charge in [-0.2, -0.15) is 10.2 Å². The van der Waals surface area contributed by atoms with Crippen LogP contribution in [-0.2, 0) is 13.1 Å². The lowest BCUT2D eigenvalue weighted by Gasteiger charge is -2.17. The summed E-state index contributed by atoms with van der Waals surface area (Å²) in [5, 5.41) is 10.0. The van der Waals surface area contributed by atoms with Gasteiger partial charge in [-0.05, 0) is 43.7 Å². The number of nitrogens with zero attached hydrogens (tertiary/aromatic N) is 6. The highest BCUT2D eigenvalue weighted by Crippen LogP contribution is 2.30. The van der Waals surface area contributed by atoms with Crippen LogP contribution in [0.25, 0.3) is 5.65 Å². The topological polar surface area (TPSA) is 51.2 Å². The number of rotatable bonds is 5. The lowest BCUT2D eigenvalue weighted by atomic mass is 10.0. The first kappa shape index (κ1) is 18.3. The molecule has 1 unspecified atom stereocenters. The Kier molecular flexibility index (Phi) is 4.81. The molecule has 0 spiro atoms. The fourth-order valence-corrected chi connectivity index (χ4v) is 4.45. The van der Waals surface area contributed by atoms with E-state index in [1.54, 1.807) is 6.20 Å². The third kappa shape index (κ3) is 3.54. The van der Waals surface area contributed by atoms with Crippen molar-refractivity contribution in [1.29, 1.82) is 0 Å². The largest absolute Gasteiger partial charge is 0.298 e. The van der Waals surface area contributed by atoms with E-state index in [2.05, 4.69) is 40.1 Å². The minimum absolute atomic E-state index is 0.430. The maximum Gasteiger partial charge on any atom is 0.160 e. The minimum Gasteiger partial charge on any atom is -0.298 e. The number of fused-ring (bicyclic) bond motifs is 1. The van der Waals surface area contributed by atoms with Crippen molar-refractivity contribution >= 4 is 17.2 Å². The van der Waals surface area contributed by atoms with Crippen LogP contribution in [0.2, 0.25) is 5.02 Å². The molecule has 7 heteroatoms. The van der Waals surface area contributed by atoms with Crippen LogP contribution >= 0.6 is 11.6 Å². The van der Waals surface area contributed by atoms with Gasteiger partial charge in [0.05, 0.1) is 17.9 Å². The number of hydrogen-bond donors (Lipinski definition) is 0. The van der Waals surface area contributed by atoms with Gasteiger partial charge in [0.1, 0.15) is 0 Å². The first-order chi connectivity index (χ1) is 14.2. The highest BCUT2D eigenvalue weighted by atomic mass is 35.5. The van der Waals surface area contributed by atoms with E-state index in [1.807, 2.05) is 39.8 Å². The molecule has 0 aliphatic carbocycles. The standard InChI is InChI=1S/C22H23ClN6/c1-16-19(15-28-11-4-9-25-28)22-24-10-7-21(29(22)26-16)18-8-12-27(14-18)13-17-5-2-3-6-20(17)23/h2-7,9-11,18H,8,12-15H2,1H3. The van der Waals surface area contributed by atoms with Gasteiger partial charge in [0.25, 0.3) is 0 Å². The smallest absolute Gasteiger partial charge is 0.160 e. The van der Waals surface area contributed by atoms with E-state index >= 15 is 0 Å². The monoisotopic (exact) mass is 406 g/mol. The molecule has 3 aromatic heterocycles. The molecule has 5 rings (SSSR count). The van der Waals surface area contributed by atoms with Gasteiger partial charge in [-0.15, -0.1) is 0 Å². The fourth-order valence-electron chi connectivity index (χ4n) is 4.25. The molecule has 29 heavy (non-hydrogen) atoms. The van der Waals surface area contributed by atoms with E-state index in [-0.39, 0.29) is 0 Å². The summed E-state index contributed by atoms with van der Waals surface area (Å²) in [4.78, 5) is 7.11. The van der Waals surface area contributed by atoms with Crippen LogP contribution in [0.3, 0.4) is 0 Å². The lowest BCUT2D eigenvalue weighted by Crippen LogP contribution is -2.20. The molecular formula is C22H23ClN6. The summed E-state index contributed by atoms with van der Waals surface area (Å²) in [7, 11) is 0. The van der Waals surface area contributed by atoms with Crippen molar-refractivity contribution in [1.82, 2.24) is 29.3 Å². The van der Waals surface area contributed by atoms with Gasteiger partial charge < -0.3 is 0 Å². The molecule has 0 N–H and O–H groups in total. The Bertz CT molecular complexity index is 1130. The van der Waals surface area contributed by atoms with Gasteiger partial charge in [0.15, 0.2) is 5.65 Å². The van der Waals surface area contributed by atoms with Crippen LogP contribution < -0.4 is 0 Å². The van der Waals surface area contributed by atoms with Gasteiger partial charge in [-0.3, -0.25) is 9.58 Å². The molecule has 0 amide bonds. The first-order valence-electron chi connectivity index (χ1n) is 9.95. The molecule has 4 aromatic rings. The molecular weight excluding hydrogens is 384 g/mol. The van der Waals surface area contributed by atoms with Crippen LogP contribution in [0, 0.1) is 6.92 Å². The predicted octanol–water partition coefficient (Wildman–Crippen LogP) is 3.93. The summed E-state index contributed by atoms with van der Waals surface area (Å²) in [6.45, 7) is 5.67. The first-order valence-corrected chi connectivity index (χ1v) is 10.3. The fraction of sp³-hybridized carbons (Fsp3) is 0.318. The van der Waals surface area contributed by atoms with E-state index in [4.69, 9.17) is 16.7 Å². The van der Waals surface area contributed by atoms with Crippen LogP contribution in [-0.4, -0.2) is 42.4 Å². The lowest BCUT2D eigenvalue weighted by molar-refractivity contribution is 0.326. The molecule has 1 aliphatic rings. The van der Waals surface area contributed by atoms with E-state index < -0.39 is 0 Å². The molecule has 1 fully saturated rings. The third-order valence-corrected chi connectivity index (χ3v) is 6.13. The van der Waals surface area contributed by atoms with Crippen LogP contribution in [0.5, 0.6) is 0 Å². The molecule has 0 bridgehead atoms. The summed E-state index contributed by atoms with van der Waals surface area (Å²) in [6.07, 6.45) is 6.79. The molecule has 1 aromatic carbocycles. The Morgan fingerprint density at radius 3 is 2.83 bits per heavy atom. The SMILES string of the molecule is Cc1nn2c(C3CCN(Cc4ccccc4Cl)C3)ccnc2c1Cn1cccn1. The number of benzene rings is 1. The van der Waals surface area contributed by atoms with Crippen molar-refractivity contribution in [2.24, 2.45) is 0 Å². The zero-order chi connectivity index (χ0) is 19.8. The maximum atomic E-state index is 6.36. The molecule has 0 radical (unpaired) electrons. The normalized spacial score (nSPS) is 17.4. The van der Waals surface area contributed by atoms with Crippen LogP contribution in [0.4, 0.5) is 0 Å². The quantitative estimate of drug-likeness (QED) is 0.504. The van der Waals surface area contributed by atoms with Gasteiger partial charge in [-0.1, -0.05) is 29.8 Å². The number of hydrogen-bond acceptors (Lipinski definition) is 4. The van der Waals surface area contributed by atoms with Crippen molar-refractivity contribution in [3.05, 3.63) is 82.5 Å². The summed E-state index contributed by atoms with van der Waals surface area (Å²) < 4.78 is 3.96. The maximum absolute atomic E-state index is 6.36. The zero-order valence-electron chi connectivity index (χ0n) is 16.4. The summed E-state index contributed by atoms with van der Waals surface area (Å²) >= 11 is 6.36. The Morgan fingerprint density at radius 2 is 2.00 bits per heavy atom. The van der Waals surface area contributed by atoms with Crippen LogP contribution in [0.1, 0.15) is 34.9 Å². The van der Waals surface area contributed by atoms with Gasteiger partial charge in [0.2, 0.25) is 0 Å². The van der Waals surface area contributed by atoms with Crippen molar-refractivity contribution in [2.75, 3.05) is 13.1 Å². The summed E-state index contributed by atoms with van der Waals surface area (Å²) in [5.74, 6) is 0.430. The third-order valence-electron chi connectivity index (χ3n) is 5.77. The second kappa shape index (κ2) is 7.61. The average Bonchev–Trinajstić information content (AvgIpc) is 3.46. The van der Waals surface area contributed by atoms with E-state index in [0.717, 1.165) is 48.0 Å². The summed E-state index contributed by atoms with van der Waals surface area (Å²) in [6, 6.07) is 12.2. The minimum atomic E-state index is 0.430. The second-order valence-electron chi connectivity index (χ2n) is 7.68. The van der Waals surface area contributed by atoms with Crippen molar-refractivity contribution in [3.8, 4) is 0 Å². The molecule has 148 valence electrons. The Hall–Kier alpha value is -2.70. The highest BCUT2D eigenvalue weighted by Gasteiger charge is 2.27. The van der Waals surface area contributed by atoms with Crippen molar-refractivity contribution in [3.63, 3.8) is 0 Å². The molecule has 0 saturated carbocycles. The number of halogens is 1. The number of likely N-dealkylation sites (tertiary alicyclic amines) is 1. The molecule has 1 atom stereocenters. The molecule has 1 saturated heterocycles. The Balaban J connectivity index is 1.40. The second-order valence-corrected chi connectivity index (χ2v) is 8.09. The van der Waals surface area contributed by atoms with E-state index in [0.29, 0.717) is 12.5 Å². The Labute approximate surface area is 174 Å². The van der Waals surface area contributed by atoms with Crippen LogP contribution in [0.15, 0.2) is 55.0 Å². The van der Waals surface area contributed by atoms with Gasteiger partial charge in [0, 0.05) is 48.2 Å².